The largest absolute Gasteiger partial charge is 0.257 e. The second-order valence-corrected chi connectivity index (χ2v) is 22.3. The summed E-state index contributed by atoms with van der Waals surface area (Å²) in [7, 11) is 5.44. The zero-order valence-corrected chi connectivity index (χ0v) is 46.7. The van der Waals surface area contributed by atoms with Gasteiger partial charge in [-0.25, -0.2) is 13.7 Å². The summed E-state index contributed by atoms with van der Waals surface area (Å²) in [6.07, 6.45) is 4.55. The summed E-state index contributed by atoms with van der Waals surface area (Å²) in [6, 6.07) is 27.7. The molecule has 6 heterocycles. The lowest BCUT2D eigenvalue weighted by molar-refractivity contribution is -0.660. The Hall–Kier alpha value is -7.44. The first-order valence-corrected chi connectivity index (χ1v) is 26.3. The maximum Gasteiger partial charge on any atom is 0.212 e. The van der Waals surface area contributed by atoms with Gasteiger partial charge in [-0.05, 0) is 190 Å². The van der Waals surface area contributed by atoms with Gasteiger partial charge in [0.1, 0.15) is 21.1 Å². The predicted octanol–water partition coefficient (Wildman–Crippen LogP) is 15.2. The third-order valence-electron chi connectivity index (χ3n) is 15.5. The highest BCUT2D eigenvalue weighted by molar-refractivity contribution is 5.83. The van der Waals surface area contributed by atoms with Gasteiger partial charge in [0, 0.05) is 133 Å². The first-order chi connectivity index (χ1) is 45.3. The Balaban J connectivity index is 0.000000161. The van der Waals surface area contributed by atoms with E-state index in [2.05, 4.69) is 21.9 Å². The third-order valence-corrected chi connectivity index (χ3v) is 15.5. The third kappa shape index (κ3) is 10.2. The van der Waals surface area contributed by atoms with Crippen molar-refractivity contribution in [3.8, 4) is 67.2 Å². The monoisotopic (exact) mass is 1050 g/mol. The summed E-state index contributed by atoms with van der Waals surface area (Å²) >= 11 is 0. The summed E-state index contributed by atoms with van der Waals surface area (Å²) < 4.78 is 172. The number of hydrogen-bond donors (Lipinski definition) is 0. The van der Waals surface area contributed by atoms with Crippen LogP contribution in [0.1, 0.15) is 170 Å². The van der Waals surface area contributed by atoms with Crippen molar-refractivity contribution in [2.75, 3.05) is 0 Å². The van der Waals surface area contributed by atoms with Gasteiger partial charge < -0.3 is 0 Å². The standard InChI is InChI=1S/C26H31N2.C24H27N2.C22H23N2/c1-16-15-28(7)25(12-19(16)14-26(4,5)6)20-10-11-21-22-9-8-17(2)27-24(22)13-23(21)18(20)3;1-14(2)21-12-24(26(6)13-15(21)3)18-9-10-19-20-8-7-16(4)25-23(20)11-22(19)17(18)5;1-13-10-22(24(5)12-14(13)2)17-8-9-18-19-7-6-15(3)23-21(19)11-20(18)16(17)4/h8-12,15H,13-14H2,1-7H3;7-10,12-14H,11H2,1-6H3;6-10,12H,11H2,1-5H3/q3*+1/i1D3,2D3,14D2;3D3,4D3,14D;2D3,3D3. The van der Waals surface area contributed by atoms with E-state index in [0.717, 1.165) is 117 Å². The van der Waals surface area contributed by atoms with Crippen LogP contribution in [0.5, 0.6) is 0 Å². The summed E-state index contributed by atoms with van der Waals surface area (Å²) in [5, 5.41) is 0. The second-order valence-electron chi connectivity index (χ2n) is 22.3. The van der Waals surface area contributed by atoms with E-state index in [1.165, 1.54) is 6.20 Å². The van der Waals surface area contributed by atoms with Gasteiger partial charge in [-0.1, -0.05) is 71.0 Å². The molecule has 0 fully saturated rings. The highest BCUT2D eigenvalue weighted by atomic mass is 14.9. The van der Waals surface area contributed by atoms with Crippen LogP contribution in [0, 0.1) is 74.2 Å². The van der Waals surface area contributed by atoms with Crippen molar-refractivity contribution < 1.29 is 42.5 Å². The number of aromatic nitrogens is 6. The van der Waals surface area contributed by atoms with E-state index in [0.29, 0.717) is 36.1 Å². The fourth-order valence-corrected chi connectivity index (χ4v) is 11.5. The molecule has 0 unspecified atom stereocenters. The number of aryl methyl sites for hydroxylation is 10. The van der Waals surface area contributed by atoms with Gasteiger partial charge in [-0.3, -0.25) is 15.0 Å². The van der Waals surface area contributed by atoms with Gasteiger partial charge in [0.05, 0.1) is 17.1 Å². The van der Waals surface area contributed by atoms with Crippen molar-refractivity contribution in [2.45, 2.75) is 135 Å². The van der Waals surface area contributed by atoms with E-state index in [9.17, 15) is 0 Å². The smallest absolute Gasteiger partial charge is 0.212 e. The Morgan fingerprint density at radius 2 is 0.821 bits per heavy atom. The summed E-state index contributed by atoms with van der Waals surface area (Å²) in [5.41, 5.74) is 21.3. The van der Waals surface area contributed by atoms with Crippen LogP contribution in [0.3, 0.4) is 0 Å². The molecule has 9 aromatic rings. The van der Waals surface area contributed by atoms with Gasteiger partial charge in [0.15, 0.2) is 18.6 Å². The first kappa shape index (κ1) is 33.8. The lowest BCUT2D eigenvalue weighted by Gasteiger charge is -2.20. The molecule has 0 aliphatic heterocycles. The zero-order valence-electron chi connectivity index (χ0n) is 67.7. The van der Waals surface area contributed by atoms with Crippen molar-refractivity contribution in [1.29, 1.82) is 0 Å². The van der Waals surface area contributed by atoms with Crippen molar-refractivity contribution in [3.05, 3.63) is 211 Å². The second kappa shape index (κ2) is 20.7. The number of pyridine rings is 6. The van der Waals surface area contributed by atoms with Gasteiger partial charge in [-0.2, -0.15) is 0 Å². The molecular formula is C72H81N6+3. The molecule has 3 aromatic carbocycles. The maximum atomic E-state index is 8.86. The van der Waals surface area contributed by atoms with Crippen molar-refractivity contribution in [2.24, 2.45) is 26.6 Å². The Morgan fingerprint density at radius 3 is 1.21 bits per heavy atom. The van der Waals surface area contributed by atoms with Crippen molar-refractivity contribution in [3.63, 3.8) is 0 Å². The van der Waals surface area contributed by atoms with Gasteiger partial charge in [0.25, 0.3) is 0 Å². The van der Waals surface area contributed by atoms with Gasteiger partial charge >= 0.3 is 0 Å². The molecule has 0 saturated carbocycles. The minimum absolute atomic E-state index is 0.00119. The molecule has 0 atom stereocenters. The molecule has 6 heteroatoms. The molecule has 3 aliphatic carbocycles. The molecule has 0 spiro atoms. The van der Waals surface area contributed by atoms with E-state index in [1.807, 2.05) is 106 Å². The SMILES string of the molecule is [2H]C([2H])([2H])c1ccc2c(n1)Cc1c-2ccc(-c2cc(C([2H])(C)C)c(C([2H])([2H])[2H])c[n+]2C)c1C.[2H]C([2H])([2H])c1ccc2c(n1)Cc1c-2ccc(-c2cc(C([2H])([2H])C(C)(C)C)c(C([2H])([2H])[2H])c[n+]2C)c1C.[2H]C([2H])([2H])c1ccc2c(n1)Cc1c-2ccc(-c2cc(C)c(C([2H])([2H])[2H])c[n+]2C)c1C. The molecule has 6 nitrogen and oxygen atoms in total. The quantitative estimate of drug-likeness (QED) is 0.161. The number of rotatable bonds is 5. The molecule has 0 saturated heterocycles. The fraction of sp³-hybridized carbons (Fsp3) is 0.333. The topological polar surface area (TPSA) is 50.3 Å². The lowest BCUT2D eigenvalue weighted by atomic mass is 9.86. The maximum absolute atomic E-state index is 8.86. The fourth-order valence-electron chi connectivity index (χ4n) is 11.5. The number of fused-ring (bicyclic) bond motifs is 9. The molecule has 0 bridgehead atoms. The Bertz CT molecular complexity index is 4750. The van der Waals surface area contributed by atoms with Crippen LogP contribution in [0.25, 0.3) is 67.2 Å². The number of hydrogen-bond acceptors (Lipinski definition) is 3. The van der Waals surface area contributed by atoms with Gasteiger partial charge in [0.2, 0.25) is 17.1 Å². The average molecular weight is 1050 g/mol. The Kier molecular flexibility index (Phi) is 8.98. The summed E-state index contributed by atoms with van der Waals surface area (Å²) in [6.45, 7) is 2.90. The normalized spacial score (nSPS) is 17.8. The van der Waals surface area contributed by atoms with Crippen molar-refractivity contribution >= 4 is 0 Å². The van der Waals surface area contributed by atoms with E-state index in [4.69, 9.17) is 28.8 Å². The van der Waals surface area contributed by atoms with Crippen LogP contribution in [-0.4, -0.2) is 15.0 Å². The molecule has 3 aliphatic rings. The van der Waals surface area contributed by atoms with E-state index in [1.54, 1.807) is 87.5 Å². The highest BCUT2D eigenvalue weighted by Crippen LogP contribution is 2.44. The highest BCUT2D eigenvalue weighted by Gasteiger charge is 2.29. The van der Waals surface area contributed by atoms with Crippen LogP contribution in [-0.2, 0) is 46.8 Å². The van der Waals surface area contributed by atoms with E-state index >= 15 is 0 Å². The Labute approximate surface area is 495 Å². The lowest BCUT2D eigenvalue weighted by Crippen LogP contribution is -2.32. The van der Waals surface area contributed by atoms with Crippen LogP contribution >= 0.6 is 0 Å². The van der Waals surface area contributed by atoms with Crippen LogP contribution in [0.2, 0.25) is 0 Å². The molecule has 0 radical (unpaired) electrons. The predicted molar refractivity (Wildman–Crippen MR) is 322 cm³/mol. The zero-order chi connectivity index (χ0) is 73.5. The summed E-state index contributed by atoms with van der Waals surface area (Å²) in [4.78, 5) is 13.3. The molecule has 78 heavy (non-hydrogen) atoms. The van der Waals surface area contributed by atoms with Crippen LogP contribution in [0.4, 0.5) is 0 Å². The molecule has 12 rings (SSSR count). The first-order valence-electron chi connectivity index (χ1n) is 36.8. The molecule has 0 amide bonds. The molecule has 0 N–H and O–H groups in total. The average Bonchev–Trinajstić information content (AvgIpc) is 1.74. The van der Waals surface area contributed by atoms with Gasteiger partial charge in [-0.15, -0.1) is 0 Å². The minimum Gasteiger partial charge on any atom is -0.257 e. The van der Waals surface area contributed by atoms with E-state index < -0.39 is 58.8 Å². The molecular weight excluding hydrogens is 949 g/mol. The van der Waals surface area contributed by atoms with Crippen molar-refractivity contribution in [1.82, 2.24) is 15.0 Å². The minimum atomic E-state index is -2.47. The van der Waals surface area contributed by atoms with Crippen LogP contribution < -0.4 is 13.7 Å². The van der Waals surface area contributed by atoms with E-state index in [-0.39, 0.29) is 33.8 Å². The Morgan fingerprint density at radius 1 is 0.462 bits per heavy atom. The van der Waals surface area contributed by atoms with Crippen LogP contribution in [0.15, 0.2) is 110 Å². The number of nitrogens with zero attached hydrogens (tertiary/aromatic N) is 6. The molecule has 6 aromatic heterocycles. The molecule has 396 valence electrons. The summed E-state index contributed by atoms with van der Waals surface area (Å²) in [5.74, 6) is -1.08. The number of benzene rings is 3.